The van der Waals surface area contributed by atoms with Crippen LogP contribution in [0.5, 0.6) is 0 Å². The molecule has 106 valence electrons. The van der Waals surface area contributed by atoms with Gasteiger partial charge in [-0.15, -0.1) is 0 Å². The highest BCUT2D eigenvalue weighted by atomic mass is 32.2. The first-order valence-electron chi connectivity index (χ1n) is 6.60. The summed E-state index contributed by atoms with van der Waals surface area (Å²) in [6, 6.07) is 8.75. The summed E-state index contributed by atoms with van der Waals surface area (Å²) in [5.74, 6) is 0.797. The monoisotopic (exact) mass is 280 g/mol. The number of hydrogen-bond donors (Lipinski definition) is 0. The molecule has 0 aliphatic carbocycles. The van der Waals surface area contributed by atoms with Gasteiger partial charge >= 0.3 is 5.97 Å². The van der Waals surface area contributed by atoms with Gasteiger partial charge in [-0.2, -0.15) is 11.8 Å². The van der Waals surface area contributed by atoms with Crippen molar-refractivity contribution < 1.29 is 9.53 Å². The van der Waals surface area contributed by atoms with Gasteiger partial charge in [-0.05, 0) is 16.5 Å². The molecule has 0 N–H and O–H groups in total. The van der Waals surface area contributed by atoms with Crippen LogP contribution in [-0.2, 0) is 20.7 Å². The predicted molar refractivity (Wildman–Crippen MR) is 82.5 cm³/mol. The molecule has 0 saturated carbocycles. The smallest absolute Gasteiger partial charge is 0.306 e. The highest BCUT2D eigenvalue weighted by Crippen LogP contribution is 2.25. The number of hydrogen-bond acceptors (Lipinski definition) is 3. The standard InChI is InChI=1S/C16H24O2S/c1-12(10-15(17)18-5)19-11-13-6-8-14(9-7-13)16(2,3)4/h6-9,12H,10-11H2,1-5H3. The lowest BCUT2D eigenvalue weighted by atomic mass is 9.87. The molecule has 0 aromatic heterocycles. The predicted octanol–water partition coefficient (Wildman–Crippen LogP) is 4.17. The molecule has 0 spiro atoms. The fraction of sp³-hybridized carbons (Fsp3) is 0.562. The molecule has 2 nitrogen and oxygen atoms in total. The number of carbonyl (C=O) groups excluding carboxylic acids is 1. The van der Waals surface area contributed by atoms with Crippen LogP contribution < -0.4 is 0 Å². The molecular formula is C16H24O2S. The molecule has 0 fully saturated rings. The van der Waals surface area contributed by atoms with Crippen LogP contribution in [0.1, 0.15) is 45.2 Å². The van der Waals surface area contributed by atoms with Crippen LogP contribution in [0.3, 0.4) is 0 Å². The van der Waals surface area contributed by atoms with Gasteiger partial charge in [0, 0.05) is 11.0 Å². The van der Waals surface area contributed by atoms with E-state index in [9.17, 15) is 4.79 Å². The maximum Gasteiger partial charge on any atom is 0.306 e. The van der Waals surface area contributed by atoms with Crippen LogP contribution >= 0.6 is 11.8 Å². The lowest BCUT2D eigenvalue weighted by molar-refractivity contribution is -0.140. The Morgan fingerprint density at radius 3 is 2.32 bits per heavy atom. The summed E-state index contributed by atoms with van der Waals surface area (Å²) in [5, 5.41) is 0.287. The molecule has 0 aliphatic heterocycles. The minimum absolute atomic E-state index is 0.136. The third-order valence-corrected chi connectivity index (χ3v) is 4.27. The molecular weight excluding hydrogens is 256 g/mol. The normalized spacial score (nSPS) is 13.1. The van der Waals surface area contributed by atoms with Gasteiger partial charge in [0.25, 0.3) is 0 Å². The fourth-order valence-electron chi connectivity index (χ4n) is 1.72. The summed E-state index contributed by atoms with van der Waals surface area (Å²) in [5.41, 5.74) is 2.85. The van der Waals surface area contributed by atoms with Crippen molar-refractivity contribution in [1.82, 2.24) is 0 Å². The van der Waals surface area contributed by atoms with Crippen molar-refractivity contribution in [2.45, 2.75) is 50.5 Å². The number of benzene rings is 1. The molecule has 1 aromatic carbocycles. The Bertz CT molecular complexity index is 404. The lowest BCUT2D eigenvalue weighted by Crippen LogP contribution is -2.11. The minimum Gasteiger partial charge on any atom is -0.469 e. The fourth-order valence-corrected chi connectivity index (χ4v) is 2.64. The Kier molecular flexibility index (Phi) is 5.92. The molecule has 3 heteroatoms. The van der Waals surface area contributed by atoms with Gasteiger partial charge in [-0.25, -0.2) is 0 Å². The molecule has 1 unspecified atom stereocenters. The third kappa shape index (κ3) is 5.68. The quantitative estimate of drug-likeness (QED) is 0.757. The minimum atomic E-state index is -0.136. The second kappa shape index (κ2) is 6.99. The summed E-state index contributed by atoms with van der Waals surface area (Å²) in [4.78, 5) is 11.2. The second-order valence-corrected chi connectivity index (χ2v) is 7.28. The Morgan fingerprint density at radius 2 is 1.84 bits per heavy atom. The van der Waals surface area contributed by atoms with Crippen LogP contribution in [0.4, 0.5) is 0 Å². The maximum absolute atomic E-state index is 11.2. The van der Waals surface area contributed by atoms with Crippen molar-refractivity contribution in [3.63, 3.8) is 0 Å². The zero-order chi connectivity index (χ0) is 14.5. The van der Waals surface area contributed by atoms with Gasteiger partial charge in [0.1, 0.15) is 0 Å². The van der Waals surface area contributed by atoms with E-state index in [1.54, 1.807) is 11.8 Å². The average Bonchev–Trinajstić information content (AvgIpc) is 2.35. The average molecular weight is 280 g/mol. The molecule has 1 rings (SSSR count). The van der Waals surface area contributed by atoms with Crippen molar-refractivity contribution in [3.8, 4) is 0 Å². The van der Waals surface area contributed by atoms with Crippen LogP contribution in [0.15, 0.2) is 24.3 Å². The Morgan fingerprint density at radius 1 is 1.26 bits per heavy atom. The number of esters is 1. The lowest BCUT2D eigenvalue weighted by Gasteiger charge is -2.19. The summed E-state index contributed by atoms with van der Waals surface area (Å²) < 4.78 is 4.67. The van der Waals surface area contributed by atoms with Crippen molar-refractivity contribution >= 4 is 17.7 Å². The molecule has 1 atom stereocenters. The maximum atomic E-state index is 11.2. The molecule has 0 bridgehead atoms. The van der Waals surface area contributed by atoms with Gasteiger partial charge in [0.15, 0.2) is 0 Å². The molecule has 19 heavy (non-hydrogen) atoms. The highest BCUT2D eigenvalue weighted by Gasteiger charge is 2.13. The molecule has 0 amide bonds. The molecule has 0 heterocycles. The first-order chi connectivity index (χ1) is 8.82. The summed E-state index contributed by atoms with van der Waals surface area (Å²) in [6.45, 7) is 8.71. The first kappa shape index (κ1) is 16.1. The van der Waals surface area contributed by atoms with Crippen molar-refractivity contribution in [1.29, 1.82) is 0 Å². The highest BCUT2D eigenvalue weighted by molar-refractivity contribution is 7.99. The van der Waals surface area contributed by atoms with Gasteiger partial charge in [-0.3, -0.25) is 4.79 Å². The van der Waals surface area contributed by atoms with Gasteiger partial charge in [0.2, 0.25) is 0 Å². The SMILES string of the molecule is COC(=O)CC(C)SCc1ccc(C(C)(C)C)cc1. The largest absolute Gasteiger partial charge is 0.469 e. The van der Waals surface area contributed by atoms with Crippen LogP contribution in [-0.4, -0.2) is 18.3 Å². The van der Waals surface area contributed by atoms with E-state index in [1.165, 1.54) is 18.2 Å². The van der Waals surface area contributed by atoms with Crippen molar-refractivity contribution in [3.05, 3.63) is 35.4 Å². The molecule has 0 aliphatic rings. The van der Waals surface area contributed by atoms with Crippen LogP contribution in [0, 0.1) is 0 Å². The zero-order valence-electron chi connectivity index (χ0n) is 12.5. The Hall–Kier alpha value is -0.960. The van der Waals surface area contributed by atoms with E-state index in [4.69, 9.17) is 0 Å². The number of carbonyl (C=O) groups is 1. The van der Waals surface area contributed by atoms with Crippen LogP contribution in [0.25, 0.3) is 0 Å². The number of methoxy groups -OCH3 is 1. The summed E-state index contributed by atoms with van der Waals surface area (Å²) in [6.07, 6.45) is 0.473. The van der Waals surface area contributed by atoms with E-state index in [1.807, 2.05) is 0 Å². The van der Waals surface area contributed by atoms with E-state index >= 15 is 0 Å². The van der Waals surface area contributed by atoms with Crippen molar-refractivity contribution in [2.24, 2.45) is 0 Å². The number of rotatable bonds is 5. The van der Waals surface area contributed by atoms with Gasteiger partial charge < -0.3 is 4.74 Å². The zero-order valence-corrected chi connectivity index (χ0v) is 13.3. The van der Waals surface area contributed by atoms with E-state index < -0.39 is 0 Å². The molecule has 0 saturated heterocycles. The summed E-state index contributed by atoms with van der Waals surface area (Å²) in [7, 11) is 1.44. The van der Waals surface area contributed by atoms with E-state index in [0.717, 1.165) is 5.75 Å². The third-order valence-electron chi connectivity index (χ3n) is 3.04. The number of thioether (sulfide) groups is 1. The van der Waals surface area contributed by atoms with Crippen LogP contribution in [0.2, 0.25) is 0 Å². The molecule has 0 radical (unpaired) electrons. The summed E-state index contributed by atoms with van der Waals surface area (Å²) >= 11 is 1.79. The first-order valence-corrected chi connectivity index (χ1v) is 7.65. The van der Waals surface area contributed by atoms with E-state index in [2.05, 4.69) is 56.7 Å². The number of ether oxygens (including phenoxy) is 1. The van der Waals surface area contributed by atoms with Gasteiger partial charge in [-0.1, -0.05) is 52.0 Å². The second-order valence-electron chi connectivity index (χ2n) is 5.85. The van der Waals surface area contributed by atoms with Crippen molar-refractivity contribution in [2.75, 3.05) is 7.11 Å². The van der Waals surface area contributed by atoms with Gasteiger partial charge in [0.05, 0.1) is 13.5 Å². The molecule has 1 aromatic rings. The van der Waals surface area contributed by atoms with E-state index in [0.29, 0.717) is 6.42 Å². The van der Waals surface area contributed by atoms with E-state index in [-0.39, 0.29) is 16.6 Å². The Labute approximate surface area is 120 Å². The Balaban J connectivity index is 2.48. The topological polar surface area (TPSA) is 26.3 Å².